The van der Waals surface area contributed by atoms with Crippen molar-refractivity contribution in [3.05, 3.63) is 0 Å². The normalized spacial score (nSPS) is 37.3. The molecule has 17 heavy (non-hydrogen) atoms. The number of rotatable bonds is 4. The summed E-state index contributed by atoms with van der Waals surface area (Å²) in [5, 5.41) is 6.37. The van der Waals surface area contributed by atoms with Gasteiger partial charge in [0.05, 0.1) is 11.5 Å². The van der Waals surface area contributed by atoms with Gasteiger partial charge in [0.25, 0.3) is 0 Å². The lowest BCUT2D eigenvalue weighted by molar-refractivity contribution is -0.129. The van der Waals surface area contributed by atoms with Gasteiger partial charge in [0.1, 0.15) is 0 Å². The van der Waals surface area contributed by atoms with E-state index < -0.39 is 0 Å². The average Bonchev–Trinajstić information content (AvgIpc) is 2.95. The van der Waals surface area contributed by atoms with Gasteiger partial charge in [-0.3, -0.25) is 4.79 Å². The maximum absolute atomic E-state index is 12.1. The Kier molecular flexibility index (Phi) is 4.05. The van der Waals surface area contributed by atoms with Crippen molar-refractivity contribution >= 4 is 5.91 Å². The van der Waals surface area contributed by atoms with Crippen LogP contribution in [0.5, 0.6) is 0 Å². The smallest absolute Gasteiger partial charge is 0.227 e. The van der Waals surface area contributed by atoms with Gasteiger partial charge in [-0.2, -0.15) is 0 Å². The Bertz CT molecular complexity index is 275. The summed E-state index contributed by atoms with van der Waals surface area (Å²) in [5.41, 5.74) is -0.207. The number of hydrogen-bond donors (Lipinski definition) is 2. The SMILES string of the molecule is CCC1OCCC1CNC(=O)C1(C)CCNC1. The average molecular weight is 240 g/mol. The molecule has 0 aromatic heterocycles. The minimum Gasteiger partial charge on any atom is -0.378 e. The van der Waals surface area contributed by atoms with Crippen LogP contribution in [0.1, 0.15) is 33.1 Å². The van der Waals surface area contributed by atoms with Crippen LogP contribution in [-0.4, -0.2) is 38.3 Å². The van der Waals surface area contributed by atoms with Crippen LogP contribution < -0.4 is 10.6 Å². The molecule has 2 fully saturated rings. The minimum absolute atomic E-state index is 0.198. The second-order valence-corrected chi connectivity index (χ2v) is 5.56. The Labute approximate surface area is 103 Å². The molecule has 0 aromatic rings. The molecular weight excluding hydrogens is 216 g/mol. The van der Waals surface area contributed by atoms with Crippen LogP contribution >= 0.6 is 0 Å². The number of carbonyl (C=O) groups is 1. The standard InChI is InChI=1S/C13H24N2O2/c1-3-11-10(4-7-17-11)8-15-12(16)13(2)5-6-14-9-13/h10-11,14H,3-9H2,1-2H3,(H,15,16). The van der Waals surface area contributed by atoms with Gasteiger partial charge < -0.3 is 15.4 Å². The van der Waals surface area contributed by atoms with Gasteiger partial charge in [-0.15, -0.1) is 0 Å². The summed E-state index contributed by atoms with van der Waals surface area (Å²) in [6.45, 7) is 7.56. The van der Waals surface area contributed by atoms with Gasteiger partial charge in [-0.1, -0.05) is 6.92 Å². The first-order valence-corrected chi connectivity index (χ1v) is 6.76. The Balaban J connectivity index is 1.79. The molecule has 0 spiro atoms. The molecular formula is C13H24N2O2. The molecule has 3 unspecified atom stereocenters. The van der Waals surface area contributed by atoms with Crippen LogP contribution in [0, 0.1) is 11.3 Å². The highest BCUT2D eigenvalue weighted by Crippen LogP contribution is 2.26. The lowest BCUT2D eigenvalue weighted by Crippen LogP contribution is -2.43. The molecule has 0 aromatic carbocycles. The summed E-state index contributed by atoms with van der Waals surface area (Å²) in [6, 6.07) is 0. The first-order valence-electron chi connectivity index (χ1n) is 6.76. The second-order valence-electron chi connectivity index (χ2n) is 5.56. The summed E-state index contributed by atoms with van der Waals surface area (Å²) < 4.78 is 5.63. The third kappa shape index (κ3) is 2.80. The van der Waals surface area contributed by atoms with Crippen molar-refractivity contribution < 1.29 is 9.53 Å². The number of nitrogens with one attached hydrogen (secondary N) is 2. The van der Waals surface area contributed by atoms with E-state index in [4.69, 9.17) is 4.74 Å². The number of carbonyl (C=O) groups excluding carboxylic acids is 1. The minimum atomic E-state index is -0.207. The lowest BCUT2D eigenvalue weighted by Gasteiger charge is -2.24. The zero-order valence-corrected chi connectivity index (χ0v) is 10.9. The Morgan fingerprint density at radius 3 is 3.06 bits per heavy atom. The summed E-state index contributed by atoms with van der Waals surface area (Å²) >= 11 is 0. The van der Waals surface area contributed by atoms with E-state index in [-0.39, 0.29) is 11.3 Å². The third-order valence-corrected chi connectivity index (χ3v) is 4.19. The Morgan fingerprint density at radius 2 is 2.41 bits per heavy atom. The highest BCUT2D eigenvalue weighted by atomic mass is 16.5. The molecule has 98 valence electrons. The van der Waals surface area contributed by atoms with Crippen LogP contribution in [-0.2, 0) is 9.53 Å². The molecule has 2 aliphatic rings. The lowest BCUT2D eigenvalue weighted by atomic mass is 9.88. The van der Waals surface area contributed by atoms with E-state index in [1.165, 1.54) is 0 Å². The van der Waals surface area contributed by atoms with E-state index in [0.29, 0.717) is 12.0 Å². The van der Waals surface area contributed by atoms with Crippen LogP contribution in [0.25, 0.3) is 0 Å². The zero-order chi connectivity index (χ0) is 12.3. The second kappa shape index (κ2) is 5.36. The highest BCUT2D eigenvalue weighted by Gasteiger charge is 2.37. The fourth-order valence-electron chi connectivity index (χ4n) is 2.83. The van der Waals surface area contributed by atoms with Crippen molar-refractivity contribution in [1.29, 1.82) is 0 Å². The molecule has 0 bridgehead atoms. The first kappa shape index (κ1) is 12.8. The van der Waals surface area contributed by atoms with E-state index in [1.54, 1.807) is 0 Å². The summed E-state index contributed by atoms with van der Waals surface area (Å²) in [5.74, 6) is 0.700. The van der Waals surface area contributed by atoms with E-state index in [2.05, 4.69) is 17.6 Å². The van der Waals surface area contributed by atoms with Gasteiger partial charge in [0.15, 0.2) is 0 Å². The number of amides is 1. The van der Waals surface area contributed by atoms with Crippen LogP contribution in [0.4, 0.5) is 0 Å². The summed E-state index contributed by atoms with van der Waals surface area (Å²) in [6.07, 6.45) is 3.40. The van der Waals surface area contributed by atoms with E-state index in [1.807, 2.05) is 6.92 Å². The molecule has 4 nitrogen and oxygen atoms in total. The van der Waals surface area contributed by atoms with Crippen LogP contribution in [0.15, 0.2) is 0 Å². The van der Waals surface area contributed by atoms with Crippen LogP contribution in [0.3, 0.4) is 0 Å². The van der Waals surface area contributed by atoms with Crippen LogP contribution in [0.2, 0.25) is 0 Å². The van der Waals surface area contributed by atoms with Gasteiger partial charge in [0.2, 0.25) is 5.91 Å². The third-order valence-electron chi connectivity index (χ3n) is 4.19. The van der Waals surface area contributed by atoms with Crippen molar-refractivity contribution in [2.75, 3.05) is 26.2 Å². The fourth-order valence-corrected chi connectivity index (χ4v) is 2.83. The quantitative estimate of drug-likeness (QED) is 0.768. The summed E-state index contributed by atoms with van der Waals surface area (Å²) in [4.78, 5) is 12.1. The van der Waals surface area contributed by atoms with Gasteiger partial charge in [-0.25, -0.2) is 0 Å². The predicted octanol–water partition coefficient (Wildman–Crippen LogP) is 0.917. The molecule has 0 aliphatic carbocycles. The van der Waals surface area contributed by atoms with Crippen molar-refractivity contribution in [3.63, 3.8) is 0 Å². The van der Waals surface area contributed by atoms with Crippen molar-refractivity contribution in [2.45, 2.75) is 39.2 Å². The first-order chi connectivity index (χ1) is 8.15. The molecule has 2 heterocycles. The van der Waals surface area contributed by atoms with Crippen molar-refractivity contribution in [2.24, 2.45) is 11.3 Å². The largest absolute Gasteiger partial charge is 0.378 e. The monoisotopic (exact) mass is 240 g/mol. The zero-order valence-electron chi connectivity index (χ0n) is 10.9. The maximum atomic E-state index is 12.1. The van der Waals surface area contributed by atoms with Gasteiger partial charge in [-0.05, 0) is 32.7 Å². The van der Waals surface area contributed by atoms with E-state index in [9.17, 15) is 4.79 Å². The molecule has 4 heteroatoms. The number of ether oxygens (including phenoxy) is 1. The molecule has 0 saturated carbocycles. The molecule has 2 aliphatic heterocycles. The molecule has 0 radical (unpaired) electrons. The van der Waals surface area contributed by atoms with E-state index >= 15 is 0 Å². The van der Waals surface area contributed by atoms with Gasteiger partial charge in [0, 0.05) is 25.6 Å². The summed E-state index contributed by atoms with van der Waals surface area (Å²) in [7, 11) is 0. The molecule has 3 atom stereocenters. The fraction of sp³-hybridized carbons (Fsp3) is 0.923. The molecule has 1 amide bonds. The Morgan fingerprint density at radius 1 is 1.59 bits per heavy atom. The van der Waals surface area contributed by atoms with Crippen molar-refractivity contribution in [3.8, 4) is 0 Å². The Hall–Kier alpha value is -0.610. The molecule has 2 N–H and O–H groups in total. The van der Waals surface area contributed by atoms with E-state index in [0.717, 1.165) is 45.5 Å². The maximum Gasteiger partial charge on any atom is 0.227 e. The topological polar surface area (TPSA) is 50.4 Å². The van der Waals surface area contributed by atoms with Gasteiger partial charge >= 0.3 is 0 Å². The highest BCUT2D eigenvalue weighted by molar-refractivity contribution is 5.82. The van der Waals surface area contributed by atoms with Crippen molar-refractivity contribution in [1.82, 2.24) is 10.6 Å². The number of hydrogen-bond acceptors (Lipinski definition) is 3. The molecule has 2 rings (SSSR count). The molecule has 2 saturated heterocycles. The predicted molar refractivity (Wildman–Crippen MR) is 66.7 cm³/mol.